The summed E-state index contributed by atoms with van der Waals surface area (Å²) in [6.45, 7) is 26.3. The number of aliphatic hydroxyl groups is 5. The average Bonchev–Trinajstić information content (AvgIpc) is 0.788. The SMILES string of the molecule is CC[C@@H]1NC(=O)[C@@H](NC(=O)CCC(=O)NCCN[C@@H]2[C@H](C)[C@@H](O)[C@](C)(O)[C@@H](CC)OC(=O)[C@H](C)[C@@H](OC3CC(C)(OC)C(O)C(C)O3)C(C)[C@@H](OC3OC(C)CC(C)C3O)[C@](C)(O)C[C@H]2C)[C@@H](C)OC(=O)[C@H](c2ccccc2)NC(=O)[C@@H]2CC(=O)[C@H](CS[C@@H]3CN4CCC3CC4)CN2C(=O)[C@H](Cc2ccc(C)cc2)N(C)C(=O)[C@@H]2CCCN2C1=O. The van der Waals surface area contributed by atoms with Crippen LogP contribution < -0.4 is 26.6 Å². The molecule has 120 heavy (non-hydrogen) atoms. The van der Waals surface area contributed by atoms with Crippen LogP contribution in [0.15, 0.2) is 54.6 Å². The van der Waals surface area contributed by atoms with Crippen LogP contribution in [0, 0.1) is 48.3 Å². The molecule has 670 valence electrons. The van der Waals surface area contributed by atoms with Crippen molar-refractivity contribution in [3.8, 4) is 0 Å². The summed E-state index contributed by atoms with van der Waals surface area (Å²) in [5.41, 5.74) is -3.24. The maximum Gasteiger partial charge on any atom is 0.333 e. The molecule has 2 bridgehead atoms. The van der Waals surface area contributed by atoms with Crippen molar-refractivity contribution in [3.63, 3.8) is 0 Å². The minimum atomic E-state index is -2.09. The third-order valence-electron chi connectivity index (χ3n) is 27.0. The predicted octanol–water partition coefficient (Wildman–Crippen LogP) is 3.94. The van der Waals surface area contributed by atoms with Crippen LogP contribution in [-0.2, 0) is 87.5 Å². The summed E-state index contributed by atoms with van der Waals surface area (Å²) in [5.74, 6) is -11.0. The van der Waals surface area contributed by atoms with E-state index >= 15 is 28.8 Å². The van der Waals surface area contributed by atoms with E-state index < -0.39 is 223 Å². The standard InChI is InChI=1S/C88H135N9O22S/c1-17-60-80(106)96-36-22-25-61(96)81(107)94(15)63(40-56-28-26-47(3)27-29-56)82(108)97-44-59(46-120-65-45-95-37-32-57(65)33-38-95)64(98)41-62(97)78(104)93-72(58-23-20-19-21-24-58)84(110)116-54(10)71(79(105)91-60)92-68(100)31-30-67(99)89-34-35-90-70-49(5)42-86(12,111)77(119-85-73(101)48(4)39-50(6)114-85)52(8)74(118-69-43-87(13,113-16)76(103)55(11)115-69)53(9)83(109)117-66(18-2)88(14,112)75(102)51(70)7/h19-21,23-24,26-29,48-55,57,59-63,65-66,69-77,85,90,101-103,111-112H,17-18,22,25,30-46H2,1-16H3,(H,89,99)(H,91,105)(H,92,100)(H,93,104)/t48?,49-,50?,51+,52?,53-,54-,55?,59+,60+,61+,62+,63+,65-,66-,69?,70+,71+,72+,73?,74+,75-,76?,77-,85?,86-,87?,88-/m1/s1. The van der Waals surface area contributed by atoms with Crippen molar-refractivity contribution in [1.82, 2.24) is 46.2 Å². The number of esters is 2. The first kappa shape index (κ1) is 95.4. The molecule has 9 aliphatic rings. The number of carbonyl (C=O) groups excluding carboxylic acids is 10. The van der Waals surface area contributed by atoms with E-state index in [-0.39, 0.29) is 93.3 Å². The second-order valence-corrected chi connectivity index (χ2v) is 37.5. The van der Waals surface area contributed by atoms with Crippen LogP contribution in [0.25, 0.3) is 0 Å². The van der Waals surface area contributed by atoms with Crippen molar-refractivity contribution < 1.29 is 107 Å². The molecule has 0 aliphatic carbocycles. The molecule has 0 saturated carbocycles. The van der Waals surface area contributed by atoms with E-state index in [9.17, 15) is 44.7 Å². The molecule has 28 atom stereocenters. The summed E-state index contributed by atoms with van der Waals surface area (Å²) < 4.78 is 44.3. The number of rotatable bonds is 21. The van der Waals surface area contributed by atoms with Gasteiger partial charge in [-0.25, -0.2) is 4.79 Å². The lowest BCUT2D eigenvalue weighted by atomic mass is 9.72. The second kappa shape index (κ2) is 41.3. The highest BCUT2D eigenvalue weighted by atomic mass is 32.2. The van der Waals surface area contributed by atoms with E-state index in [1.54, 1.807) is 97.5 Å². The molecule has 0 aromatic heterocycles. The van der Waals surface area contributed by atoms with Crippen LogP contribution >= 0.6 is 11.8 Å². The minimum absolute atomic E-state index is 0.00191. The van der Waals surface area contributed by atoms with Crippen LogP contribution in [0.1, 0.15) is 190 Å². The molecule has 32 heteroatoms. The average molecular weight is 1700 g/mol. The number of Topliss-reactive ketones (excluding diaryl/α,β-unsaturated/α-hetero) is 1. The number of ether oxygens (including phenoxy) is 7. The molecule has 2 aromatic rings. The number of likely N-dealkylation sites (N-methyl/N-ethyl adjacent to an activating group) is 1. The van der Waals surface area contributed by atoms with Crippen molar-refractivity contribution in [2.45, 2.75) is 312 Å². The minimum Gasteiger partial charge on any atom is -0.459 e. The number of ketones is 1. The fourth-order valence-corrected chi connectivity index (χ4v) is 21.2. The highest BCUT2D eigenvalue weighted by Crippen LogP contribution is 2.44. The van der Waals surface area contributed by atoms with E-state index in [4.69, 9.17) is 33.2 Å². The molecular weight excluding hydrogens is 1570 g/mol. The zero-order valence-corrected chi connectivity index (χ0v) is 73.7. The Morgan fingerprint density at radius 1 is 0.700 bits per heavy atom. The van der Waals surface area contributed by atoms with Gasteiger partial charge >= 0.3 is 11.9 Å². The maximum atomic E-state index is 15.9. The number of benzene rings is 2. The zero-order valence-electron chi connectivity index (χ0n) is 72.9. The van der Waals surface area contributed by atoms with Gasteiger partial charge in [0, 0.05) is 114 Å². The third-order valence-corrected chi connectivity index (χ3v) is 28.6. The number of carbonyl (C=O) groups is 10. The number of amides is 7. The summed E-state index contributed by atoms with van der Waals surface area (Å²) in [4.78, 5) is 156. The summed E-state index contributed by atoms with van der Waals surface area (Å²) >= 11 is 1.71. The molecule has 31 nitrogen and oxygen atoms in total. The third kappa shape index (κ3) is 22.5. The summed E-state index contributed by atoms with van der Waals surface area (Å²) in [6.07, 6.45) is -10.8. The predicted molar refractivity (Wildman–Crippen MR) is 444 cm³/mol. The number of fused-ring (bicyclic) bond motifs is 5. The molecule has 0 spiro atoms. The Morgan fingerprint density at radius 2 is 1.38 bits per heavy atom. The van der Waals surface area contributed by atoms with Gasteiger partial charge in [0.2, 0.25) is 41.4 Å². The quantitative estimate of drug-likeness (QED) is 0.0625. The number of methoxy groups -OCH3 is 1. The van der Waals surface area contributed by atoms with E-state index in [1.807, 2.05) is 52.0 Å². The number of hydrogen-bond acceptors (Lipinski definition) is 25. The van der Waals surface area contributed by atoms with Gasteiger partial charge in [0.25, 0.3) is 0 Å². The van der Waals surface area contributed by atoms with E-state index in [1.165, 1.54) is 42.7 Å². The van der Waals surface area contributed by atoms with Crippen molar-refractivity contribution >= 4 is 70.8 Å². The Morgan fingerprint density at radius 3 is 2.03 bits per heavy atom. The monoisotopic (exact) mass is 1700 g/mol. The molecule has 9 heterocycles. The van der Waals surface area contributed by atoms with Gasteiger partial charge in [0.15, 0.2) is 18.6 Å². The summed E-state index contributed by atoms with van der Waals surface area (Å²) in [5, 5.41) is 75.8. The van der Waals surface area contributed by atoms with E-state index in [2.05, 4.69) is 31.5 Å². The molecular formula is C88H135N9O22S. The summed E-state index contributed by atoms with van der Waals surface area (Å²) in [6, 6.07) is 6.22. The van der Waals surface area contributed by atoms with Gasteiger partial charge in [-0.15, -0.1) is 0 Å². The Bertz CT molecular complexity index is 3860. The van der Waals surface area contributed by atoms with Gasteiger partial charge in [-0.05, 0) is 149 Å². The lowest BCUT2D eigenvalue weighted by Crippen LogP contribution is -2.63. The molecule has 2 aromatic carbocycles. The Labute approximate surface area is 710 Å². The van der Waals surface area contributed by atoms with Gasteiger partial charge in [0.05, 0.1) is 47.6 Å². The number of cyclic esters (lactones) is 2. The van der Waals surface area contributed by atoms with Crippen molar-refractivity contribution in [2.24, 2.45) is 41.4 Å². The van der Waals surface area contributed by atoms with Crippen LogP contribution in [0.2, 0.25) is 0 Å². The van der Waals surface area contributed by atoms with E-state index in [0.29, 0.717) is 30.1 Å². The number of hydrogen-bond donors (Lipinski definition) is 10. The van der Waals surface area contributed by atoms with Crippen molar-refractivity contribution in [2.75, 3.05) is 65.7 Å². The molecule has 7 amide bonds. The van der Waals surface area contributed by atoms with Gasteiger partial charge in [0.1, 0.15) is 66.0 Å². The molecule has 0 radical (unpaired) electrons. The normalized spacial score (nSPS) is 39.4. The van der Waals surface area contributed by atoms with Crippen LogP contribution in [0.4, 0.5) is 0 Å². The Balaban J connectivity index is 0.877. The number of aryl methyl sites for hydroxylation is 1. The first-order valence-electron chi connectivity index (χ1n) is 43.5. The second-order valence-electron chi connectivity index (χ2n) is 36.2. The van der Waals surface area contributed by atoms with Crippen LogP contribution in [0.5, 0.6) is 0 Å². The fourth-order valence-electron chi connectivity index (χ4n) is 19.5. The van der Waals surface area contributed by atoms with Crippen molar-refractivity contribution in [1.29, 1.82) is 0 Å². The Kier molecular flexibility index (Phi) is 32.9. The number of nitrogens with zero attached hydrogens (tertiary/aromatic N) is 4. The molecule has 9 saturated heterocycles. The van der Waals surface area contributed by atoms with Gasteiger partial charge in [-0.3, -0.25) is 43.2 Å². The van der Waals surface area contributed by atoms with E-state index in [0.717, 1.165) is 38.0 Å². The maximum absolute atomic E-state index is 15.9. The fraction of sp³-hybridized carbons (Fsp3) is 0.750. The van der Waals surface area contributed by atoms with Gasteiger partial charge < -0.3 is 105 Å². The molecule has 10 N–H and O–H groups in total. The van der Waals surface area contributed by atoms with Gasteiger partial charge in [-0.1, -0.05) is 102 Å². The van der Waals surface area contributed by atoms with Crippen LogP contribution in [0.3, 0.4) is 0 Å². The molecule has 9 aliphatic heterocycles. The highest BCUT2D eigenvalue weighted by molar-refractivity contribution is 8.00. The Hall–Kier alpha value is -6.79. The number of nitrogens with one attached hydrogen (secondary N) is 5. The lowest BCUT2D eigenvalue weighted by molar-refractivity contribution is -0.318. The van der Waals surface area contributed by atoms with Gasteiger partial charge in [-0.2, -0.15) is 11.8 Å². The topological polar surface area (TPSA) is 410 Å². The zero-order chi connectivity index (χ0) is 87.7. The highest BCUT2D eigenvalue weighted by Gasteiger charge is 2.55. The van der Waals surface area contributed by atoms with Crippen molar-refractivity contribution in [3.05, 3.63) is 71.3 Å². The lowest BCUT2D eigenvalue weighted by Gasteiger charge is -2.49. The first-order valence-corrected chi connectivity index (χ1v) is 44.6. The molecule has 9 unspecified atom stereocenters. The number of aliphatic hydroxyl groups excluding tert-OH is 3. The molecule has 11 rings (SSSR count). The molecule has 9 fully saturated rings. The first-order chi connectivity index (χ1) is 56.7. The largest absolute Gasteiger partial charge is 0.459 e. The smallest absolute Gasteiger partial charge is 0.333 e. The number of thioether (sulfide) groups is 1. The number of piperidine rings is 4. The van der Waals surface area contributed by atoms with Crippen LogP contribution in [-0.4, -0.2) is 296 Å². The summed E-state index contributed by atoms with van der Waals surface area (Å²) in [7, 11) is 2.96.